The summed E-state index contributed by atoms with van der Waals surface area (Å²) in [7, 11) is 0. The lowest BCUT2D eigenvalue weighted by Gasteiger charge is -2.16. The summed E-state index contributed by atoms with van der Waals surface area (Å²) >= 11 is 7.62. The van der Waals surface area contributed by atoms with Crippen LogP contribution in [0.25, 0.3) is 0 Å². The highest BCUT2D eigenvalue weighted by molar-refractivity contribution is 7.16. The van der Waals surface area contributed by atoms with Gasteiger partial charge in [-0.25, -0.2) is 0 Å². The number of aryl methyl sites for hydroxylation is 1. The maximum Gasteiger partial charge on any atom is 0.126 e. The van der Waals surface area contributed by atoms with Gasteiger partial charge in [-0.05, 0) is 48.4 Å². The van der Waals surface area contributed by atoms with Crippen LogP contribution in [0.2, 0.25) is 4.34 Å². The number of hydrogen-bond donors (Lipinski definition) is 1. The van der Waals surface area contributed by atoms with Gasteiger partial charge in [-0.1, -0.05) is 11.6 Å². The van der Waals surface area contributed by atoms with Crippen LogP contribution in [0.5, 0.6) is 0 Å². The molecule has 3 rings (SSSR count). The van der Waals surface area contributed by atoms with Crippen LogP contribution in [0.3, 0.4) is 0 Å². The van der Waals surface area contributed by atoms with Crippen molar-refractivity contribution in [3.63, 3.8) is 0 Å². The molecule has 3 nitrogen and oxygen atoms in total. The topological polar surface area (TPSA) is 38.1 Å². The minimum absolute atomic E-state index is 0.00469. The molecule has 0 fully saturated rings. The van der Waals surface area contributed by atoms with Gasteiger partial charge in [0.05, 0.1) is 10.6 Å². The van der Waals surface area contributed by atoms with Gasteiger partial charge in [-0.2, -0.15) is 0 Å². The predicted molar refractivity (Wildman–Crippen MR) is 85.7 cm³/mol. The molecule has 0 aromatic carbocycles. The highest BCUT2D eigenvalue weighted by Gasteiger charge is 2.18. The first-order chi connectivity index (χ1) is 10.2. The Morgan fingerprint density at radius 2 is 2.24 bits per heavy atom. The summed E-state index contributed by atoms with van der Waals surface area (Å²) in [6, 6.07) is 9.86. The summed E-state index contributed by atoms with van der Waals surface area (Å²) in [5, 5.41) is 3.54. The van der Waals surface area contributed by atoms with E-state index < -0.39 is 0 Å². The summed E-state index contributed by atoms with van der Waals surface area (Å²) in [6.07, 6.45) is 5.38. The van der Waals surface area contributed by atoms with Gasteiger partial charge in [0.1, 0.15) is 11.8 Å². The van der Waals surface area contributed by atoms with E-state index in [1.165, 1.54) is 11.1 Å². The molecule has 0 saturated heterocycles. The second-order valence-corrected chi connectivity index (χ2v) is 6.52. The van der Waals surface area contributed by atoms with Gasteiger partial charge in [0, 0.05) is 23.8 Å². The van der Waals surface area contributed by atoms with Crippen LogP contribution < -0.4 is 5.32 Å². The van der Waals surface area contributed by atoms with E-state index in [1.807, 2.05) is 42.7 Å². The van der Waals surface area contributed by atoms with E-state index >= 15 is 0 Å². The van der Waals surface area contributed by atoms with Crippen LogP contribution in [-0.4, -0.2) is 4.98 Å². The SMILES string of the molecule is Cc1cnccc1CNC(c1ccco1)c1ccc(Cl)s1. The molecule has 1 atom stereocenters. The Balaban J connectivity index is 1.82. The van der Waals surface area contributed by atoms with E-state index in [4.69, 9.17) is 16.0 Å². The first-order valence-corrected chi connectivity index (χ1v) is 7.85. The van der Waals surface area contributed by atoms with Crippen molar-refractivity contribution >= 4 is 22.9 Å². The Labute approximate surface area is 132 Å². The van der Waals surface area contributed by atoms with Gasteiger partial charge in [-0.3, -0.25) is 10.3 Å². The average molecular weight is 319 g/mol. The highest BCUT2D eigenvalue weighted by atomic mass is 35.5. The number of nitrogens with one attached hydrogen (secondary N) is 1. The normalized spacial score (nSPS) is 12.5. The lowest BCUT2D eigenvalue weighted by Crippen LogP contribution is -2.21. The maximum atomic E-state index is 6.06. The number of halogens is 1. The summed E-state index contributed by atoms with van der Waals surface area (Å²) in [5.74, 6) is 0.889. The van der Waals surface area contributed by atoms with E-state index in [2.05, 4.69) is 17.2 Å². The molecule has 3 aromatic rings. The molecule has 0 saturated carbocycles. The minimum atomic E-state index is 0.00469. The number of furan rings is 1. The molecule has 3 heterocycles. The molecule has 5 heteroatoms. The first kappa shape index (κ1) is 14.3. The third-order valence-corrected chi connectivity index (χ3v) is 4.64. The van der Waals surface area contributed by atoms with Crippen molar-refractivity contribution in [3.8, 4) is 0 Å². The molecule has 1 unspecified atom stereocenters. The average Bonchev–Trinajstić information content (AvgIpc) is 3.13. The lowest BCUT2D eigenvalue weighted by atomic mass is 10.1. The van der Waals surface area contributed by atoms with Gasteiger partial charge in [0.15, 0.2) is 0 Å². The van der Waals surface area contributed by atoms with E-state index in [0.29, 0.717) is 0 Å². The van der Waals surface area contributed by atoms with Gasteiger partial charge >= 0.3 is 0 Å². The first-order valence-electron chi connectivity index (χ1n) is 6.65. The number of hydrogen-bond acceptors (Lipinski definition) is 4. The zero-order chi connectivity index (χ0) is 14.7. The van der Waals surface area contributed by atoms with Crippen LogP contribution in [0.4, 0.5) is 0 Å². The molecule has 0 aliphatic heterocycles. The lowest BCUT2D eigenvalue weighted by molar-refractivity contribution is 0.449. The molecular formula is C16H15ClN2OS. The maximum absolute atomic E-state index is 6.06. The Morgan fingerprint density at radius 3 is 2.90 bits per heavy atom. The van der Waals surface area contributed by atoms with Gasteiger partial charge in [0.25, 0.3) is 0 Å². The summed E-state index contributed by atoms with van der Waals surface area (Å²) in [6.45, 7) is 2.81. The fraction of sp³-hybridized carbons (Fsp3) is 0.188. The molecule has 0 spiro atoms. The van der Waals surface area contributed by atoms with E-state index in [1.54, 1.807) is 17.6 Å². The van der Waals surface area contributed by atoms with Crippen molar-refractivity contribution in [2.45, 2.75) is 19.5 Å². The van der Waals surface area contributed by atoms with Crippen LogP contribution in [0, 0.1) is 6.92 Å². The molecule has 3 aromatic heterocycles. The molecule has 0 aliphatic carbocycles. The second kappa shape index (κ2) is 6.43. The Hall–Kier alpha value is -1.62. The monoisotopic (exact) mass is 318 g/mol. The summed E-state index contributed by atoms with van der Waals surface area (Å²) in [4.78, 5) is 5.26. The van der Waals surface area contributed by atoms with Gasteiger partial charge in [-0.15, -0.1) is 11.3 Å². The molecule has 108 valence electrons. The zero-order valence-corrected chi connectivity index (χ0v) is 13.1. The van der Waals surface area contributed by atoms with E-state index in [9.17, 15) is 0 Å². The van der Waals surface area contributed by atoms with Crippen molar-refractivity contribution in [3.05, 3.63) is 75.1 Å². The van der Waals surface area contributed by atoms with Crippen molar-refractivity contribution in [2.75, 3.05) is 0 Å². The third kappa shape index (κ3) is 3.35. The summed E-state index contributed by atoms with van der Waals surface area (Å²) in [5.41, 5.74) is 2.40. The Bertz CT molecular complexity index is 709. The molecule has 0 bridgehead atoms. The Morgan fingerprint density at radius 1 is 1.33 bits per heavy atom. The number of rotatable bonds is 5. The molecule has 0 aliphatic rings. The largest absolute Gasteiger partial charge is 0.467 e. The Kier molecular flexibility index (Phi) is 4.39. The number of aromatic nitrogens is 1. The van der Waals surface area contributed by atoms with Crippen molar-refractivity contribution in [2.24, 2.45) is 0 Å². The predicted octanol–water partition coefficient (Wildman–Crippen LogP) is 4.58. The van der Waals surface area contributed by atoms with Gasteiger partial charge < -0.3 is 4.42 Å². The van der Waals surface area contributed by atoms with E-state index in [-0.39, 0.29) is 6.04 Å². The second-order valence-electron chi connectivity index (χ2n) is 4.77. The van der Waals surface area contributed by atoms with Crippen LogP contribution in [-0.2, 0) is 6.54 Å². The molecule has 0 amide bonds. The van der Waals surface area contributed by atoms with Crippen molar-refractivity contribution < 1.29 is 4.42 Å². The minimum Gasteiger partial charge on any atom is -0.467 e. The van der Waals surface area contributed by atoms with Gasteiger partial charge in [0.2, 0.25) is 0 Å². The van der Waals surface area contributed by atoms with Crippen LogP contribution in [0.15, 0.2) is 53.4 Å². The fourth-order valence-electron chi connectivity index (χ4n) is 2.19. The third-order valence-electron chi connectivity index (χ3n) is 3.34. The van der Waals surface area contributed by atoms with Crippen LogP contribution in [0.1, 0.15) is 27.8 Å². The standard InChI is InChI=1S/C16H15ClN2OS/c1-11-9-18-7-6-12(11)10-19-16(13-3-2-8-20-13)14-4-5-15(17)21-14/h2-9,16,19H,10H2,1H3. The molecule has 1 N–H and O–H groups in total. The van der Waals surface area contributed by atoms with Crippen LogP contribution >= 0.6 is 22.9 Å². The highest BCUT2D eigenvalue weighted by Crippen LogP contribution is 2.31. The van der Waals surface area contributed by atoms with E-state index in [0.717, 1.165) is 21.5 Å². The smallest absolute Gasteiger partial charge is 0.126 e. The van der Waals surface area contributed by atoms with Crippen molar-refractivity contribution in [1.29, 1.82) is 0 Å². The quantitative estimate of drug-likeness (QED) is 0.748. The molecular weight excluding hydrogens is 304 g/mol. The molecule has 21 heavy (non-hydrogen) atoms. The number of thiophene rings is 1. The number of pyridine rings is 1. The van der Waals surface area contributed by atoms with Crippen molar-refractivity contribution in [1.82, 2.24) is 10.3 Å². The molecule has 0 radical (unpaired) electrons. The summed E-state index contributed by atoms with van der Waals surface area (Å²) < 4.78 is 6.35. The number of nitrogens with zero attached hydrogens (tertiary/aromatic N) is 1. The zero-order valence-electron chi connectivity index (χ0n) is 11.5. The fourth-order valence-corrected chi connectivity index (χ4v) is 3.34.